The topological polar surface area (TPSA) is 30.5 Å². The van der Waals surface area contributed by atoms with Gasteiger partial charge in [-0.25, -0.2) is 0 Å². The van der Waals surface area contributed by atoms with E-state index >= 15 is 0 Å². The van der Waals surface area contributed by atoms with Gasteiger partial charge >= 0.3 is 0 Å². The lowest BCUT2D eigenvalue weighted by atomic mass is 10.2. The summed E-state index contributed by atoms with van der Waals surface area (Å²) < 4.78 is 0. The molecule has 0 radical (unpaired) electrons. The molecule has 0 aliphatic carbocycles. The number of hydrogen-bond donors (Lipinski definition) is 2. The second kappa shape index (κ2) is 9.53. The molecule has 2 atom stereocenters. The van der Waals surface area contributed by atoms with E-state index < -0.39 is 0 Å². The van der Waals surface area contributed by atoms with Crippen molar-refractivity contribution in [3.63, 3.8) is 0 Å². The molecular weight excluding hydrogens is 244 g/mol. The lowest BCUT2D eigenvalue weighted by Crippen LogP contribution is -2.53. The molecule has 2 unspecified atom stereocenters. The standard InChI is InChI=1S/C13H30N4S/c1-7-9-11(16(3)4)14-13(18)15-12(10-8-2)17(5)6/h11-12H,7-10H2,1-6H3,(H2,14,15,18). The third kappa shape index (κ3) is 7.13. The van der Waals surface area contributed by atoms with Crippen LogP contribution < -0.4 is 10.6 Å². The van der Waals surface area contributed by atoms with Crippen LogP contribution in [0.5, 0.6) is 0 Å². The molecule has 0 aromatic carbocycles. The fourth-order valence-corrected chi connectivity index (χ4v) is 2.08. The van der Waals surface area contributed by atoms with Crippen molar-refractivity contribution in [1.29, 1.82) is 0 Å². The SMILES string of the molecule is CCCC(NC(=S)NC(CCC)N(C)C)N(C)C. The average Bonchev–Trinajstić information content (AvgIpc) is 2.27. The highest BCUT2D eigenvalue weighted by Crippen LogP contribution is 2.02. The molecule has 0 amide bonds. The van der Waals surface area contributed by atoms with E-state index in [2.05, 4.69) is 62.5 Å². The first-order valence-corrected chi connectivity index (χ1v) is 7.23. The van der Waals surface area contributed by atoms with Gasteiger partial charge in [-0.3, -0.25) is 9.80 Å². The first kappa shape index (κ1) is 17.6. The fraction of sp³-hybridized carbons (Fsp3) is 0.923. The van der Waals surface area contributed by atoms with Crippen molar-refractivity contribution in [2.45, 2.75) is 51.9 Å². The Labute approximate surface area is 118 Å². The first-order valence-electron chi connectivity index (χ1n) is 6.82. The molecule has 0 aromatic rings. The van der Waals surface area contributed by atoms with Crippen molar-refractivity contribution in [1.82, 2.24) is 20.4 Å². The number of thiocarbonyl (C=S) groups is 1. The van der Waals surface area contributed by atoms with Gasteiger partial charge in [0.25, 0.3) is 0 Å². The quantitative estimate of drug-likeness (QED) is 0.521. The molecule has 18 heavy (non-hydrogen) atoms. The van der Waals surface area contributed by atoms with E-state index in [4.69, 9.17) is 12.2 Å². The molecule has 4 nitrogen and oxygen atoms in total. The Hall–Kier alpha value is -0.390. The summed E-state index contributed by atoms with van der Waals surface area (Å²) in [6.45, 7) is 4.38. The van der Waals surface area contributed by atoms with Crippen LogP contribution >= 0.6 is 12.2 Å². The van der Waals surface area contributed by atoms with Crippen LogP contribution in [0, 0.1) is 0 Å². The van der Waals surface area contributed by atoms with Crippen molar-refractivity contribution in [3.05, 3.63) is 0 Å². The highest BCUT2D eigenvalue weighted by atomic mass is 32.1. The van der Waals surface area contributed by atoms with Gasteiger partial charge < -0.3 is 10.6 Å². The molecule has 0 heterocycles. The summed E-state index contributed by atoms with van der Waals surface area (Å²) in [5.74, 6) is 0. The second-order valence-corrected chi connectivity index (χ2v) is 5.56. The summed E-state index contributed by atoms with van der Waals surface area (Å²) in [4.78, 5) is 4.34. The van der Waals surface area contributed by atoms with Gasteiger partial charge in [0, 0.05) is 0 Å². The largest absolute Gasteiger partial charge is 0.347 e. The summed E-state index contributed by atoms with van der Waals surface area (Å²) in [7, 11) is 8.30. The number of rotatable bonds is 8. The van der Waals surface area contributed by atoms with Crippen LogP contribution in [0.15, 0.2) is 0 Å². The summed E-state index contributed by atoms with van der Waals surface area (Å²) in [5, 5.41) is 7.51. The number of nitrogens with one attached hydrogen (secondary N) is 2. The summed E-state index contributed by atoms with van der Waals surface area (Å²) >= 11 is 5.40. The van der Waals surface area contributed by atoms with Crippen LogP contribution in [0.2, 0.25) is 0 Å². The van der Waals surface area contributed by atoms with Gasteiger partial charge in [-0.05, 0) is 53.3 Å². The van der Waals surface area contributed by atoms with Crippen LogP contribution in [0.1, 0.15) is 39.5 Å². The molecule has 0 bridgehead atoms. The molecule has 108 valence electrons. The van der Waals surface area contributed by atoms with E-state index in [9.17, 15) is 0 Å². The maximum Gasteiger partial charge on any atom is 0.168 e. The van der Waals surface area contributed by atoms with Gasteiger partial charge in [0.15, 0.2) is 5.11 Å². The molecule has 0 saturated carbocycles. The highest BCUT2D eigenvalue weighted by Gasteiger charge is 2.15. The third-order valence-electron chi connectivity index (χ3n) is 2.97. The maximum atomic E-state index is 5.40. The second-order valence-electron chi connectivity index (χ2n) is 5.15. The van der Waals surface area contributed by atoms with Crippen LogP contribution in [-0.2, 0) is 0 Å². The van der Waals surface area contributed by atoms with Crippen molar-refractivity contribution < 1.29 is 0 Å². The van der Waals surface area contributed by atoms with E-state index in [1.165, 1.54) is 0 Å². The van der Waals surface area contributed by atoms with Gasteiger partial charge in [0.2, 0.25) is 0 Å². The van der Waals surface area contributed by atoms with E-state index in [0.29, 0.717) is 12.3 Å². The van der Waals surface area contributed by atoms with Gasteiger partial charge in [0.05, 0.1) is 12.3 Å². The van der Waals surface area contributed by atoms with E-state index in [1.807, 2.05) is 0 Å². The van der Waals surface area contributed by atoms with Crippen molar-refractivity contribution in [2.75, 3.05) is 28.2 Å². The smallest absolute Gasteiger partial charge is 0.168 e. The fourth-order valence-electron chi connectivity index (χ4n) is 1.81. The normalized spacial score (nSPS) is 14.7. The zero-order chi connectivity index (χ0) is 14.1. The lowest BCUT2D eigenvalue weighted by Gasteiger charge is -2.30. The van der Waals surface area contributed by atoms with Gasteiger partial charge in [-0.2, -0.15) is 0 Å². The van der Waals surface area contributed by atoms with Crippen LogP contribution in [-0.4, -0.2) is 55.4 Å². The minimum Gasteiger partial charge on any atom is -0.347 e. The predicted octanol–water partition coefficient (Wildman–Crippen LogP) is 1.83. The summed E-state index contributed by atoms with van der Waals surface area (Å²) in [6, 6.07) is 0. The monoisotopic (exact) mass is 274 g/mol. The average molecular weight is 274 g/mol. The Morgan fingerprint density at radius 1 is 0.889 bits per heavy atom. The van der Waals surface area contributed by atoms with Crippen molar-refractivity contribution >= 4 is 17.3 Å². The molecule has 5 heteroatoms. The molecule has 0 spiro atoms. The van der Waals surface area contributed by atoms with Gasteiger partial charge in [-0.15, -0.1) is 0 Å². The molecule has 0 aliphatic heterocycles. The highest BCUT2D eigenvalue weighted by molar-refractivity contribution is 7.80. The van der Waals surface area contributed by atoms with Crippen molar-refractivity contribution in [3.8, 4) is 0 Å². The molecule has 0 fully saturated rings. The zero-order valence-electron chi connectivity index (χ0n) is 12.8. The summed E-state index contributed by atoms with van der Waals surface area (Å²) in [6.07, 6.45) is 5.08. The zero-order valence-corrected chi connectivity index (χ0v) is 13.6. The Bertz CT molecular complexity index is 209. The molecule has 0 rings (SSSR count). The van der Waals surface area contributed by atoms with E-state index in [1.54, 1.807) is 0 Å². The first-order chi connectivity index (χ1) is 8.42. The molecule has 0 aromatic heterocycles. The lowest BCUT2D eigenvalue weighted by molar-refractivity contribution is 0.241. The predicted molar refractivity (Wildman–Crippen MR) is 83.6 cm³/mol. The number of nitrogens with zero attached hydrogens (tertiary/aromatic N) is 2. The minimum atomic E-state index is 0.305. The van der Waals surface area contributed by atoms with Crippen LogP contribution in [0.3, 0.4) is 0 Å². The van der Waals surface area contributed by atoms with Crippen LogP contribution in [0.4, 0.5) is 0 Å². The maximum absolute atomic E-state index is 5.40. The molecular formula is C13H30N4S. The van der Waals surface area contributed by atoms with Gasteiger partial charge in [-0.1, -0.05) is 26.7 Å². The molecule has 0 aliphatic rings. The van der Waals surface area contributed by atoms with Crippen molar-refractivity contribution in [2.24, 2.45) is 0 Å². The number of hydrogen-bond acceptors (Lipinski definition) is 3. The van der Waals surface area contributed by atoms with E-state index in [0.717, 1.165) is 30.8 Å². The third-order valence-corrected chi connectivity index (χ3v) is 3.20. The van der Waals surface area contributed by atoms with E-state index in [-0.39, 0.29) is 0 Å². The Kier molecular flexibility index (Phi) is 9.32. The minimum absolute atomic E-state index is 0.305. The Morgan fingerprint density at radius 2 is 1.22 bits per heavy atom. The van der Waals surface area contributed by atoms with Crippen LogP contribution in [0.25, 0.3) is 0 Å². The Balaban J connectivity index is 4.28. The molecule has 2 N–H and O–H groups in total. The molecule has 0 saturated heterocycles. The Morgan fingerprint density at radius 3 is 1.44 bits per heavy atom. The van der Waals surface area contributed by atoms with Gasteiger partial charge in [0.1, 0.15) is 0 Å². The summed E-state index contributed by atoms with van der Waals surface area (Å²) in [5.41, 5.74) is 0.